The predicted molar refractivity (Wildman–Crippen MR) is 108 cm³/mol. The summed E-state index contributed by atoms with van der Waals surface area (Å²) in [4.78, 5) is 20.9. The second-order valence-electron chi connectivity index (χ2n) is 6.28. The number of aromatic nitrogens is 3. The Morgan fingerprint density at radius 2 is 1.79 bits per heavy atom. The van der Waals surface area contributed by atoms with E-state index in [-0.39, 0.29) is 12.5 Å². The third-order valence-electron chi connectivity index (χ3n) is 4.17. The van der Waals surface area contributed by atoms with Crippen molar-refractivity contribution in [2.24, 2.45) is 0 Å². The van der Waals surface area contributed by atoms with Crippen molar-refractivity contribution in [3.05, 3.63) is 76.4 Å². The van der Waals surface area contributed by atoms with E-state index in [1.54, 1.807) is 11.3 Å². The fraction of sp³-hybridized carbons (Fsp3) is 0.143. The van der Waals surface area contributed by atoms with Crippen LogP contribution < -0.4 is 5.32 Å². The Morgan fingerprint density at radius 3 is 2.50 bits per heavy atom. The first-order valence-corrected chi connectivity index (χ1v) is 9.71. The van der Waals surface area contributed by atoms with E-state index in [0.717, 1.165) is 27.4 Å². The standard InChI is InChI=1S/C21H18N4O2S/c1-14-23-18(13-28-14)16-7-9-17(10-8-16)21-24-20(27-25-21)12-22-19(26)11-15-5-3-2-4-6-15/h2-10,13H,11-12H2,1H3,(H,22,26). The number of hydrogen-bond acceptors (Lipinski definition) is 6. The van der Waals surface area contributed by atoms with Crippen molar-refractivity contribution in [3.8, 4) is 22.6 Å². The molecule has 0 radical (unpaired) electrons. The van der Waals surface area contributed by atoms with Crippen molar-refractivity contribution in [2.75, 3.05) is 0 Å². The fourth-order valence-corrected chi connectivity index (χ4v) is 3.37. The molecule has 0 spiro atoms. The van der Waals surface area contributed by atoms with E-state index in [1.165, 1.54) is 0 Å². The number of nitrogens with one attached hydrogen (secondary N) is 1. The summed E-state index contributed by atoms with van der Waals surface area (Å²) >= 11 is 1.63. The lowest BCUT2D eigenvalue weighted by Crippen LogP contribution is -2.24. The summed E-state index contributed by atoms with van der Waals surface area (Å²) in [6.07, 6.45) is 0.319. The van der Waals surface area contributed by atoms with Crippen LogP contribution in [0.2, 0.25) is 0 Å². The van der Waals surface area contributed by atoms with Gasteiger partial charge in [0.05, 0.1) is 23.7 Å². The molecule has 0 aliphatic heterocycles. The number of thiazole rings is 1. The smallest absolute Gasteiger partial charge is 0.246 e. The van der Waals surface area contributed by atoms with Gasteiger partial charge in [0.1, 0.15) is 0 Å². The highest BCUT2D eigenvalue weighted by Gasteiger charge is 2.11. The number of benzene rings is 2. The number of hydrogen-bond donors (Lipinski definition) is 1. The van der Waals surface area contributed by atoms with Gasteiger partial charge in [-0.05, 0) is 12.5 Å². The van der Waals surface area contributed by atoms with E-state index in [0.29, 0.717) is 18.1 Å². The lowest BCUT2D eigenvalue weighted by atomic mass is 10.1. The Labute approximate surface area is 166 Å². The second-order valence-corrected chi connectivity index (χ2v) is 7.34. The highest BCUT2D eigenvalue weighted by Crippen LogP contribution is 2.24. The van der Waals surface area contributed by atoms with Crippen molar-refractivity contribution in [3.63, 3.8) is 0 Å². The summed E-state index contributed by atoms with van der Waals surface area (Å²) in [7, 11) is 0. The summed E-state index contributed by atoms with van der Waals surface area (Å²) in [5.74, 6) is 0.776. The SMILES string of the molecule is Cc1nc(-c2ccc(-c3noc(CNC(=O)Cc4ccccc4)n3)cc2)cs1. The van der Waals surface area contributed by atoms with Crippen LogP contribution in [0.15, 0.2) is 64.5 Å². The van der Waals surface area contributed by atoms with Gasteiger partial charge in [-0.2, -0.15) is 4.98 Å². The zero-order valence-electron chi connectivity index (χ0n) is 15.3. The molecular weight excluding hydrogens is 372 g/mol. The zero-order chi connectivity index (χ0) is 19.3. The van der Waals surface area contributed by atoms with Gasteiger partial charge in [0.2, 0.25) is 17.6 Å². The molecule has 4 rings (SSSR count). The summed E-state index contributed by atoms with van der Waals surface area (Å²) in [5, 5.41) is 9.88. The van der Waals surface area contributed by atoms with Crippen molar-refractivity contribution in [2.45, 2.75) is 19.9 Å². The van der Waals surface area contributed by atoms with Crippen LogP contribution >= 0.6 is 11.3 Å². The largest absolute Gasteiger partial charge is 0.347 e. The maximum Gasteiger partial charge on any atom is 0.246 e. The summed E-state index contributed by atoms with van der Waals surface area (Å²) in [6.45, 7) is 2.19. The minimum Gasteiger partial charge on any atom is -0.347 e. The lowest BCUT2D eigenvalue weighted by Gasteiger charge is -2.02. The Morgan fingerprint density at radius 1 is 1.04 bits per heavy atom. The van der Waals surface area contributed by atoms with Crippen LogP contribution in [0, 0.1) is 6.92 Å². The van der Waals surface area contributed by atoms with E-state index in [1.807, 2.05) is 66.9 Å². The lowest BCUT2D eigenvalue weighted by molar-refractivity contribution is -0.120. The van der Waals surface area contributed by atoms with E-state index in [9.17, 15) is 4.79 Å². The molecule has 0 atom stereocenters. The Kier molecular flexibility index (Phi) is 5.25. The molecule has 7 heteroatoms. The van der Waals surface area contributed by atoms with E-state index in [2.05, 4.69) is 20.4 Å². The van der Waals surface area contributed by atoms with Gasteiger partial charge < -0.3 is 9.84 Å². The van der Waals surface area contributed by atoms with Gasteiger partial charge in [0, 0.05) is 16.5 Å². The van der Waals surface area contributed by atoms with E-state index < -0.39 is 0 Å². The van der Waals surface area contributed by atoms with Crippen LogP contribution in [-0.2, 0) is 17.8 Å². The second kappa shape index (κ2) is 8.14. The van der Waals surface area contributed by atoms with Gasteiger partial charge in [0.15, 0.2) is 0 Å². The summed E-state index contributed by atoms with van der Waals surface area (Å²) in [6, 6.07) is 17.4. The molecule has 140 valence electrons. The van der Waals surface area contributed by atoms with Gasteiger partial charge in [-0.3, -0.25) is 4.79 Å². The predicted octanol–water partition coefficient (Wildman–Crippen LogP) is 4.03. The molecule has 0 saturated heterocycles. The molecule has 28 heavy (non-hydrogen) atoms. The number of aryl methyl sites for hydroxylation is 1. The minimum atomic E-state index is -0.0890. The van der Waals surface area contributed by atoms with Gasteiger partial charge >= 0.3 is 0 Å². The maximum atomic E-state index is 12.0. The molecular formula is C21H18N4O2S. The summed E-state index contributed by atoms with van der Waals surface area (Å²) in [5.41, 5.74) is 3.82. The van der Waals surface area contributed by atoms with Gasteiger partial charge in [-0.25, -0.2) is 4.98 Å². The van der Waals surface area contributed by atoms with Crippen molar-refractivity contribution < 1.29 is 9.32 Å². The number of rotatable bonds is 6. The average Bonchev–Trinajstić information content (AvgIpc) is 3.37. The van der Waals surface area contributed by atoms with E-state index >= 15 is 0 Å². The molecule has 0 aliphatic rings. The Hall–Kier alpha value is -3.32. The molecule has 1 N–H and O–H groups in total. The molecule has 2 aromatic carbocycles. The van der Waals surface area contributed by atoms with Crippen LogP contribution in [0.1, 0.15) is 16.5 Å². The van der Waals surface area contributed by atoms with Crippen molar-refractivity contribution >= 4 is 17.2 Å². The number of carbonyl (C=O) groups is 1. The first-order valence-electron chi connectivity index (χ1n) is 8.83. The van der Waals surface area contributed by atoms with Crippen LogP contribution in [0.25, 0.3) is 22.6 Å². The quantitative estimate of drug-likeness (QED) is 0.538. The van der Waals surface area contributed by atoms with E-state index in [4.69, 9.17) is 4.52 Å². The third-order valence-corrected chi connectivity index (χ3v) is 4.94. The molecule has 2 heterocycles. The minimum absolute atomic E-state index is 0.0890. The Bertz CT molecular complexity index is 1070. The third kappa shape index (κ3) is 4.32. The molecule has 0 unspecified atom stereocenters. The van der Waals surface area contributed by atoms with Crippen LogP contribution in [0.4, 0.5) is 0 Å². The van der Waals surface area contributed by atoms with Crippen LogP contribution in [0.3, 0.4) is 0 Å². The maximum absolute atomic E-state index is 12.0. The zero-order valence-corrected chi connectivity index (χ0v) is 16.1. The highest BCUT2D eigenvalue weighted by molar-refractivity contribution is 7.09. The highest BCUT2D eigenvalue weighted by atomic mass is 32.1. The Balaban J connectivity index is 1.37. The molecule has 2 aromatic heterocycles. The average molecular weight is 390 g/mol. The molecule has 0 fully saturated rings. The van der Waals surface area contributed by atoms with Gasteiger partial charge in [-0.15, -0.1) is 11.3 Å². The molecule has 1 amide bonds. The van der Waals surface area contributed by atoms with Crippen molar-refractivity contribution in [1.29, 1.82) is 0 Å². The fourth-order valence-electron chi connectivity index (χ4n) is 2.75. The number of nitrogens with zero attached hydrogens (tertiary/aromatic N) is 3. The normalized spacial score (nSPS) is 10.8. The first kappa shape index (κ1) is 18.1. The number of carbonyl (C=O) groups excluding carboxylic acids is 1. The molecule has 0 aliphatic carbocycles. The number of amides is 1. The van der Waals surface area contributed by atoms with Gasteiger partial charge in [0.25, 0.3) is 0 Å². The first-order chi connectivity index (χ1) is 13.7. The molecule has 4 aromatic rings. The van der Waals surface area contributed by atoms with Crippen LogP contribution in [0.5, 0.6) is 0 Å². The molecule has 0 bridgehead atoms. The van der Waals surface area contributed by atoms with Crippen molar-refractivity contribution in [1.82, 2.24) is 20.4 Å². The summed E-state index contributed by atoms with van der Waals surface area (Å²) < 4.78 is 5.25. The van der Waals surface area contributed by atoms with Crippen LogP contribution in [-0.4, -0.2) is 21.0 Å². The molecule has 0 saturated carbocycles. The molecule has 6 nitrogen and oxygen atoms in total. The topological polar surface area (TPSA) is 80.9 Å². The van der Waals surface area contributed by atoms with Gasteiger partial charge in [-0.1, -0.05) is 59.8 Å². The monoisotopic (exact) mass is 390 g/mol.